The topological polar surface area (TPSA) is 39.1 Å². The minimum Gasteiger partial charge on any atom is -0.367 e. The molecule has 1 aromatic rings. The summed E-state index contributed by atoms with van der Waals surface area (Å²) < 4.78 is 8.45. The van der Waals surface area contributed by atoms with Crippen LogP contribution in [-0.4, -0.2) is 34.1 Å². The van der Waals surface area contributed by atoms with Crippen LogP contribution in [0.3, 0.4) is 0 Å². The Hall–Kier alpha value is -0.870. The first-order valence-corrected chi connectivity index (χ1v) is 8.13. The van der Waals surface area contributed by atoms with Gasteiger partial charge in [0, 0.05) is 12.1 Å². The van der Waals surface area contributed by atoms with Crippen molar-refractivity contribution < 1.29 is 4.74 Å². The van der Waals surface area contributed by atoms with Gasteiger partial charge in [0.2, 0.25) is 0 Å². The normalized spacial score (nSPS) is 23.7. The van der Waals surface area contributed by atoms with Crippen molar-refractivity contribution in [2.75, 3.05) is 13.1 Å². The lowest BCUT2D eigenvalue weighted by Crippen LogP contribution is -2.32. The molecule has 21 heavy (non-hydrogen) atoms. The first-order valence-electron chi connectivity index (χ1n) is 8.13. The van der Waals surface area contributed by atoms with Gasteiger partial charge in [-0.25, -0.2) is 0 Å². The number of ether oxygens (including phenoxy) is 1. The summed E-state index contributed by atoms with van der Waals surface area (Å²) in [5.74, 6) is 0. The van der Waals surface area contributed by atoms with Gasteiger partial charge in [-0.3, -0.25) is 4.68 Å². The number of hydrogen-bond donors (Lipinski definition) is 1. The number of rotatable bonds is 5. The SMILES string of the molecule is CCNCCc1c(C)nn(C2CC(C)(C)OC2(C)C)c1C. The Labute approximate surface area is 129 Å². The highest BCUT2D eigenvalue weighted by atomic mass is 16.5. The van der Waals surface area contributed by atoms with Gasteiger partial charge in [-0.2, -0.15) is 5.10 Å². The van der Waals surface area contributed by atoms with E-state index in [2.05, 4.69) is 58.5 Å². The number of likely N-dealkylation sites (N-methyl/N-ethyl adjacent to an activating group) is 1. The maximum absolute atomic E-state index is 6.23. The van der Waals surface area contributed by atoms with Crippen molar-refractivity contribution >= 4 is 0 Å². The van der Waals surface area contributed by atoms with Crippen molar-refractivity contribution in [2.45, 2.75) is 78.6 Å². The number of nitrogens with one attached hydrogen (secondary N) is 1. The summed E-state index contributed by atoms with van der Waals surface area (Å²) in [6.07, 6.45) is 2.05. The van der Waals surface area contributed by atoms with Gasteiger partial charge in [-0.05, 0) is 66.6 Å². The largest absolute Gasteiger partial charge is 0.367 e. The molecule has 0 aliphatic carbocycles. The molecule has 1 unspecified atom stereocenters. The highest BCUT2D eigenvalue weighted by Crippen LogP contribution is 2.45. The summed E-state index contributed by atoms with van der Waals surface area (Å²) in [5, 5.41) is 8.24. The van der Waals surface area contributed by atoms with Crippen LogP contribution >= 0.6 is 0 Å². The van der Waals surface area contributed by atoms with Crippen LogP contribution in [0.5, 0.6) is 0 Å². The summed E-state index contributed by atoms with van der Waals surface area (Å²) >= 11 is 0. The second kappa shape index (κ2) is 5.73. The highest BCUT2D eigenvalue weighted by Gasteiger charge is 2.47. The zero-order valence-corrected chi connectivity index (χ0v) is 14.7. The van der Waals surface area contributed by atoms with Crippen LogP contribution in [0.25, 0.3) is 0 Å². The molecular formula is C17H31N3O. The van der Waals surface area contributed by atoms with E-state index in [9.17, 15) is 0 Å². The molecule has 1 aromatic heterocycles. The second-order valence-corrected chi connectivity index (χ2v) is 7.38. The standard InChI is InChI=1S/C17H31N3O/c1-8-18-10-9-14-12(2)19-20(13(14)3)15-11-16(4,5)21-17(15,6)7/h15,18H,8-11H2,1-7H3. The monoisotopic (exact) mass is 293 g/mol. The Kier molecular flexibility index (Phi) is 4.50. The van der Waals surface area contributed by atoms with Crippen LogP contribution in [0.15, 0.2) is 0 Å². The summed E-state index contributed by atoms with van der Waals surface area (Å²) in [6.45, 7) is 17.2. The third kappa shape index (κ3) is 3.32. The van der Waals surface area contributed by atoms with Crippen LogP contribution in [0, 0.1) is 13.8 Å². The first kappa shape index (κ1) is 16.5. The number of hydrogen-bond acceptors (Lipinski definition) is 3. The summed E-state index contributed by atoms with van der Waals surface area (Å²) in [4.78, 5) is 0. The van der Waals surface area contributed by atoms with E-state index >= 15 is 0 Å². The van der Waals surface area contributed by atoms with E-state index < -0.39 is 0 Å². The molecule has 0 saturated carbocycles. The van der Waals surface area contributed by atoms with E-state index in [1.807, 2.05) is 0 Å². The van der Waals surface area contributed by atoms with Crippen LogP contribution in [-0.2, 0) is 11.2 Å². The van der Waals surface area contributed by atoms with Gasteiger partial charge < -0.3 is 10.1 Å². The van der Waals surface area contributed by atoms with Crippen molar-refractivity contribution in [1.29, 1.82) is 0 Å². The molecule has 0 aromatic carbocycles. The summed E-state index contributed by atoms with van der Waals surface area (Å²) in [5.41, 5.74) is 3.59. The molecule has 120 valence electrons. The second-order valence-electron chi connectivity index (χ2n) is 7.38. The Balaban J connectivity index is 2.27. The van der Waals surface area contributed by atoms with E-state index in [-0.39, 0.29) is 11.2 Å². The molecule has 1 fully saturated rings. The average molecular weight is 293 g/mol. The minimum absolute atomic E-state index is 0.0790. The lowest BCUT2D eigenvalue weighted by Gasteiger charge is -2.28. The molecule has 1 atom stereocenters. The summed E-state index contributed by atoms with van der Waals surface area (Å²) in [6, 6.07) is 0.305. The number of nitrogens with zero attached hydrogens (tertiary/aromatic N) is 2. The van der Waals surface area contributed by atoms with Crippen LogP contribution < -0.4 is 5.32 Å². The fourth-order valence-electron chi connectivity index (χ4n) is 3.67. The molecule has 4 heteroatoms. The van der Waals surface area contributed by atoms with Gasteiger partial charge in [0.05, 0.1) is 22.9 Å². The van der Waals surface area contributed by atoms with Crippen molar-refractivity contribution in [1.82, 2.24) is 15.1 Å². The average Bonchev–Trinajstić information content (AvgIpc) is 2.74. The molecule has 1 saturated heterocycles. The van der Waals surface area contributed by atoms with Crippen molar-refractivity contribution in [2.24, 2.45) is 0 Å². The molecule has 1 aliphatic heterocycles. The van der Waals surface area contributed by atoms with Crippen molar-refractivity contribution in [3.8, 4) is 0 Å². The lowest BCUT2D eigenvalue weighted by molar-refractivity contribution is -0.0739. The van der Waals surface area contributed by atoms with Crippen LogP contribution in [0.1, 0.15) is 64.0 Å². The zero-order valence-electron chi connectivity index (χ0n) is 14.7. The molecule has 1 aliphatic rings. The van der Waals surface area contributed by atoms with Crippen LogP contribution in [0.2, 0.25) is 0 Å². The molecule has 0 radical (unpaired) electrons. The summed E-state index contributed by atoms with van der Waals surface area (Å²) in [7, 11) is 0. The first-order chi connectivity index (χ1) is 9.68. The van der Waals surface area contributed by atoms with Crippen molar-refractivity contribution in [3.05, 3.63) is 17.0 Å². The van der Waals surface area contributed by atoms with E-state index in [0.717, 1.165) is 31.6 Å². The molecular weight excluding hydrogens is 262 g/mol. The van der Waals surface area contributed by atoms with Gasteiger partial charge in [0.15, 0.2) is 0 Å². The highest BCUT2D eigenvalue weighted by molar-refractivity contribution is 5.26. The molecule has 2 heterocycles. The Bertz CT molecular complexity index is 502. The van der Waals surface area contributed by atoms with Gasteiger partial charge in [-0.1, -0.05) is 6.92 Å². The smallest absolute Gasteiger partial charge is 0.0858 e. The third-order valence-corrected chi connectivity index (χ3v) is 4.60. The maximum atomic E-state index is 6.23. The predicted molar refractivity (Wildman–Crippen MR) is 86.8 cm³/mol. The predicted octanol–water partition coefficient (Wildman–Crippen LogP) is 3.17. The van der Waals surface area contributed by atoms with Crippen molar-refractivity contribution in [3.63, 3.8) is 0 Å². The van der Waals surface area contributed by atoms with Gasteiger partial charge >= 0.3 is 0 Å². The fourth-order valence-corrected chi connectivity index (χ4v) is 3.67. The van der Waals surface area contributed by atoms with Gasteiger partial charge in [-0.15, -0.1) is 0 Å². The Morgan fingerprint density at radius 2 is 1.95 bits per heavy atom. The van der Waals surface area contributed by atoms with E-state index in [4.69, 9.17) is 9.84 Å². The zero-order chi connectivity index (χ0) is 15.8. The third-order valence-electron chi connectivity index (χ3n) is 4.60. The molecule has 4 nitrogen and oxygen atoms in total. The fraction of sp³-hybridized carbons (Fsp3) is 0.824. The molecule has 0 amide bonds. The number of aromatic nitrogens is 2. The van der Waals surface area contributed by atoms with E-state index in [1.54, 1.807) is 0 Å². The van der Waals surface area contributed by atoms with E-state index in [0.29, 0.717) is 6.04 Å². The van der Waals surface area contributed by atoms with Crippen LogP contribution in [0.4, 0.5) is 0 Å². The van der Waals surface area contributed by atoms with E-state index in [1.165, 1.54) is 11.3 Å². The van der Waals surface area contributed by atoms with Gasteiger partial charge in [0.25, 0.3) is 0 Å². The molecule has 1 N–H and O–H groups in total. The lowest BCUT2D eigenvalue weighted by atomic mass is 9.94. The van der Waals surface area contributed by atoms with Gasteiger partial charge in [0.1, 0.15) is 0 Å². The maximum Gasteiger partial charge on any atom is 0.0858 e. The minimum atomic E-state index is -0.175. The quantitative estimate of drug-likeness (QED) is 0.848. The Morgan fingerprint density at radius 3 is 2.48 bits per heavy atom. The molecule has 0 spiro atoms. The Morgan fingerprint density at radius 1 is 1.29 bits per heavy atom. The number of aryl methyl sites for hydroxylation is 1. The molecule has 0 bridgehead atoms. The molecule has 2 rings (SSSR count).